The molecule has 2 atom stereocenters. The molecule has 0 spiro atoms. The summed E-state index contributed by atoms with van der Waals surface area (Å²) < 4.78 is 18.9. The molecule has 0 aliphatic carbocycles. The number of ether oxygens (including phenoxy) is 3. The molecule has 1 saturated heterocycles. The highest BCUT2D eigenvalue weighted by Gasteiger charge is 2.18. The van der Waals surface area contributed by atoms with Crippen molar-refractivity contribution < 1.29 is 19.3 Å². The predicted molar refractivity (Wildman–Crippen MR) is 91.2 cm³/mol. The smallest absolute Gasteiger partial charge is 0.150 e. The van der Waals surface area contributed by atoms with Crippen molar-refractivity contribution in [1.29, 1.82) is 0 Å². The molecule has 24 heavy (non-hydrogen) atoms. The van der Waals surface area contributed by atoms with Crippen LogP contribution in [0.1, 0.15) is 38.8 Å². The van der Waals surface area contributed by atoms with Gasteiger partial charge in [-0.3, -0.25) is 0 Å². The summed E-state index contributed by atoms with van der Waals surface area (Å²) in [4.78, 5) is 0. The SMILES string of the molecule is CC(O)COCCCOc1ccc2c(cnn2C2CCCCO2)c1. The number of aromatic nitrogens is 2. The van der Waals surface area contributed by atoms with E-state index in [1.165, 1.54) is 6.42 Å². The molecule has 132 valence electrons. The maximum atomic E-state index is 9.11. The van der Waals surface area contributed by atoms with Gasteiger partial charge in [-0.25, -0.2) is 4.68 Å². The number of aliphatic hydroxyl groups excluding tert-OH is 1. The van der Waals surface area contributed by atoms with E-state index < -0.39 is 6.10 Å². The lowest BCUT2D eigenvalue weighted by molar-refractivity contribution is -0.0366. The van der Waals surface area contributed by atoms with Gasteiger partial charge < -0.3 is 19.3 Å². The molecule has 0 bridgehead atoms. The van der Waals surface area contributed by atoms with Crippen LogP contribution in [0.15, 0.2) is 24.4 Å². The number of benzene rings is 1. The second-order valence-electron chi connectivity index (χ2n) is 6.26. The Balaban J connectivity index is 1.53. The van der Waals surface area contributed by atoms with Crippen molar-refractivity contribution in [2.24, 2.45) is 0 Å². The van der Waals surface area contributed by atoms with Crippen molar-refractivity contribution >= 4 is 10.9 Å². The summed E-state index contributed by atoms with van der Waals surface area (Å²) in [6.07, 6.45) is 5.62. The van der Waals surface area contributed by atoms with Crippen LogP contribution < -0.4 is 4.74 Å². The minimum atomic E-state index is -0.419. The normalized spacial score (nSPS) is 19.5. The van der Waals surface area contributed by atoms with Crippen LogP contribution in [0, 0.1) is 0 Å². The minimum Gasteiger partial charge on any atom is -0.493 e. The van der Waals surface area contributed by atoms with Crippen LogP contribution in [-0.2, 0) is 9.47 Å². The minimum absolute atomic E-state index is 0.0501. The van der Waals surface area contributed by atoms with Gasteiger partial charge >= 0.3 is 0 Å². The van der Waals surface area contributed by atoms with E-state index in [2.05, 4.69) is 5.10 Å². The van der Waals surface area contributed by atoms with Crippen LogP contribution in [0.4, 0.5) is 0 Å². The van der Waals surface area contributed by atoms with Gasteiger partial charge in [0.25, 0.3) is 0 Å². The fourth-order valence-corrected chi connectivity index (χ4v) is 2.87. The molecule has 0 radical (unpaired) electrons. The molecule has 3 rings (SSSR count). The molecular weight excluding hydrogens is 308 g/mol. The Kier molecular flexibility index (Phi) is 6.07. The first-order valence-electron chi connectivity index (χ1n) is 8.71. The van der Waals surface area contributed by atoms with Crippen molar-refractivity contribution in [1.82, 2.24) is 9.78 Å². The monoisotopic (exact) mass is 334 g/mol. The van der Waals surface area contributed by atoms with Crippen molar-refractivity contribution in [3.05, 3.63) is 24.4 Å². The van der Waals surface area contributed by atoms with Crippen LogP contribution in [0.5, 0.6) is 5.75 Å². The second kappa shape index (κ2) is 8.46. The lowest BCUT2D eigenvalue weighted by Gasteiger charge is -2.23. The third-order valence-corrected chi connectivity index (χ3v) is 4.06. The van der Waals surface area contributed by atoms with Gasteiger partial charge in [-0.05, 0) is 44.4 Å². The van der Waals surface area contributed by atoms with Gasteiger partial charge in [-0.15, -0.1) is 0 Å². The third kappa shape index (κ3) is 4.47. The molecule has 0 saturated carbocycles. The van der Waals surface area contributed by atoms with Crippen molar-refractivity contribution in [2.75, 3.05) is 26.4 Å². The van der Waals surface area contributed by atoms with E-state index in [-0.39, 0.29) is 6.23 Å². The zero-order valence-electron chi connectivity index (χ0n) is 14.2. The standard InChI is InChI=1S/C18H26N2O4/c1-14(21)13-22-8-4-10-23-16-6-7-17-15(11-16)12-19-20(17)18-5-2-3-9-24-18/h6-7,11-12,14,18,21H,2-5,8-10,13H2,1H3. The molecule has 1 aromatic carbocycles. The fraction of sp³-hybridized carbons (Fsp3) is 0.611. The van der Waals surface area contributed by atoms with Gasteiger partial charge in [0.1, 0.15) is 5.75 Å². The van der Waals surface area contributed by atoms with Gasteiger partial charge in [-0.1, -0.05) is 0 Å². The van der Waals surface area contributed by atoms with Crippen LogP contribution in [0.25, 0.3) is 10.9 Å². The topological polar surface area (TPSA) is 65.7 Å². The Labute approximate surface area is 142 Å². The number of fused-ring (bicyclic) bond motifs is 1. The van der Waals surface area contributed by atoms with Gasteiger partial charge in [-0.2, -0.15) is 5.10 Å². The summed E-state index contributed by atoms with van der Waals surface area (Å²) >= 11 is 0. The number of hydrogen-bond acceptors (Lipinski definition) is 5. The molecule has 2 heterocycles. The number of rotatable bonds is 8. The molecule has 1 aliphatic rings. The highest BCUT2D eigenvalue weighted by Crippen LogP contribution is 2.28. The Bertz CT molecular complexity index is 635. The molecule has 1 aromatic heterocycles. The quantitative estimate of drug-likeness (QED) is 0.752. The average Bonchev–Trinajstić information content (AvgIpc) is 3.01. The Hall–Kier alpha value is -1.63. The Morgan fingerprint density at radius 2 is 2.29 bits per heavy atom. The molecule has 6 heteroatoms. The van der Waals surface area contributed by atoms with Crippen molar-refractivity contribution in [2.45, 2.75) is 44.9 Å². The lowest BCUT2D eigenvalue weighted by Crippen LogP contribution is -2.18. The molecule has 2 unspecified atom stereocenters. The van der Waals surface area contributed by atoms with Crippen LogP contribution in [0.2, 0.25) is 0 Å². The molecule has 0 amide bonds. The first kappa shape index (κ1) is 17.2. The third-order valence-electron chi connectivity index (χ3n) is 4.06. The molecule has 2 aromatic rings. The lowest BCUT2D eigenvalue weighted by atomic mass is 10.2. The van der Waals surface area contributed by atoms with E-state index in [1.54, 1.807) is 6.92 Å². The van der Waals surface area contributed by atoms with Crippen LogP contribution >= 0.6 is 0 Å². The van der Waals surface area contributed by atoms with Gasteiger partial charge in [0.2, 0.25) is 0 Å². The zero-order valence-corrected chi connectivity index (χ0v) is 14.2. The summed E-state index contributed by atoms with van der Waals surface area (Å²) in [5.41, 5.74) is 1.08. The van der Waals surface area contributed by atoms with E-state index in [1.807, 2.05) is 29.1 Å². The summed E-state index contributed by atoms with van der Waals surface area (Å²) in [6, 6.07) is 6.03. The van der Waals surface area contributed by atoms with Crippen LogP contribution in [0.3, 0.4) is 0 Å². The number of aliphatic hydroxyl groups is 1. The Morgan fingerprint density at radius 1 is 1.38 bits per heavy atom. The highest BCUT2D eigenvalue weighted by molar-refractivity contribution is 5.80. The number of nitrogens with zero attached hydrogens (tertiary/aromatic N) is 2. The second-order valence-corrected chi connectivity index (χ2v) is 6.26. The largest absolute Gasteiger partial charge is 0.493 e. The summed E-state index contributed by atoms with van der Waals surface area (Å²) in [5.74, 6) is 0.835. The Morgan fingerprint density at radius 3 is 3.08 bits per heavy atom. The summed E-state index contributed by atoms with van der Waals surface area (Å²) in [5, 5.41) is 14.7. The molecule has 1 fully saturated rings. The van der Waals surface area contributed by atoms with E-state index in [4.69, 9.17) is 19.3 Å². The molecule has 1 aliphatic heterocycles. The van der Waals surface area contributed by atoms with E-state index in [9.17, 15) is 0 Å². The summed E-state index contributed by atoms with van der Waals surface area (Å²) in [7, 11) is 0. The molecular formula is C18H26N2O4. The van der Waals surface area contributed by atoms with E-state index in [0.717, 1.165) is 42.5 Å². The van der Waals surface area contributed by atoms with Gasteiger partial charge in [0.15, 0.2) is 6.23 Å². The first-order chi connectivity index (χ1) is 11.7. The first-order valence-corrected chi connectivity index (χ1v) is 8.71. The maximum absolute atomic E-state index is 9.11. The van der Waals surface area contributed by atoms with Crippen LogP contribution in [-0.4, -0.2) is 47.4 Å². The van der Waals surface area contributed by atoms with Crippen molar-refractivity contribution in [3.8, 4) is 5.75 Å². The predicted octanol–water partition coefficient (Wildman–Crippen LogP) is 2.90. The fourth-order valence-electron chi connectivity index (χ4n) is 2.87. The summed E-state index contributed by atoms with van der Waals surface area (Å²) in [6.45, 7) is 4.07. The van der Waals surface area contributed by atoms with Crippen molar-refractivity contribution in [3.63, 3.8) is 0 Å². The number of hydrogen-bond donors (Lipinski definition) is 1. The zero-order chi connectivity index (χ0) is 16.8. The molecule has 6 nitrogen and oxygen atoms in total. The van der Waals surface area contributed by atoms with E-state index >= 15 is 0 Å². The maximum Gasteiger partial charge on any atom is 0.150 e. The van der Waals surface area contributed by atoms with Gasteiger partial charge in [0.05, 0.1) is 31.0 Å². The van der Waals surface area contributed by atoms with Gasteiger partial charge in [0, 0.05) is 25.0 Å². The average molecular weight is 334 g/mol. The van der Waals surface area contributed by atoms with E-state index in [0.29, 0.717) is 19.8 Å². The molecule has 1 N–H and O–H groups in total. The highest BCUT2D eigenvalue weighted by atomic mass is 16.5.